The number of ether oxygens (including phenoxy) is 2. The van der Waals surface area contributed by atoms with Gasteiger partial charge in [-0.05, 0) is 81.9 Å². The first-order valence-corrected chi connectivity index (χ1v) is 17.3. The minimum atomic E-state index is 0.272. The predicted octanol–water partition coefficient (Wildman–Crippen LogP) is 11.9. The Kier molecular flexibility index (Phi) is 11.2. The van der Waals surface area contributed by atoms with E-state index < -0.39 is 0 Å². The van der Waals surface area contributed by atoms with Crippen LogP contribution in [-0.4, -0.2) is 18.3 Å². The minimum absolute atomic E-state index is 0.272. The summed E-state index contributed by atoms with van der Waals surface area (Å²) in [5, 5.41) is 24.4. The summed E-state index contributed by atoms with van der Waals surface area (Å²) < 4.78 is 12.4. The van der Waals surface area contributed by atoms with Crippen LogP contribution >= 0.6 is 0 Å². The molecule has 0 aliphatic carbocycles. The van der Waals surface area contributed by atoms with Gasteiger partial charge in [-0.15, -0.1) is 0 Å². The molecule has 6 rings (SSSR count). The lowest BCUT2D eigenvalue weighted by Crippen LogP contribution is -2.00. The van der Waals surface area contributed by atoms with E-state index >= 15 is 0 Å². The molecule has 0 spiro atoms. The van der Waals surface area contributed by atoms with Crippen molar-refractivity contribution in [1.29, 1.82) is 5.26 Å². The molecule has 6 aromatic rings. The van der Waals surface area contributed by atoms with E-state index in [0.717, 1.165) is 81.2 Å². The van der Waals surface area contributed by atoms with Crippen molar-refractivity contribution in [1.82, 2.24) is 0 Å². The van der Waals surface area contributed by atoms with Crippen molar-refractivity contribution in [3.8, 4) is 45.6 Å². The Hall–Kier alpha value is -5.27. The van der Waals surface area contributed by atoms with E-state index in [-0.39, 0.29) is 5.75 Å². The highest BCUT2D eigenvalue weighted by Gasteiger charge is 2.17. The fourth-order valence-electron chi connectivity index (χ4n) is 6.45. The maximum absolute atomic E-state index is 11.1. The average Bonchev–Trinajstić information content (AvgIpc) is 3.14. The van der Waals surface area contributed by atoms with Gasteiger partial charge in [0.15, 0.2) is 0 Å². The Bertz CT molecular complexity index is 1970. The molecule has 0 unspecified atom stereocenters. The molecule has 0 saturated carbocycles. The van der Waals surface area contributed by atoms with Crippen LogP contribution in [0.5, 0.6) is 17.2 Å². The number of hydrogen-bond donors (Lipinski definition) is 1. The van der Waals surface area contributed by atoms with Crippen molar-refractivity contribution < 1.29 is 14.6 Å². The van der Waals surface area contributed by atoms with Crippen LogP contribution in [0.3, 0.4) is 0 Å². The van der Waals surface area contributed by atoms with Crippen molar-refractivity contribution in [2.75, 3.05) is 13.2 Å². The maximum Gasteiger partial charge on any atom is 0.127 e. The van der Waals surface area contributed by atoms with E-state index in [4.69, 9.17) is 14.7 Å². The van der Waals surface area contributed by atoms with Gasteiger partial charge in [-0.25, -0.2) is 0 Å². The van der Waals surface area contributed by atoms with E-state index in [2.05, 4.69) is 54.6 Å². The van der Waals surface area contributed by atoms with E-state index in [1.54, 1.807) is 6.07 Å². The fourth-order valence-corrected chi connectivity index (χ4v) is 6.45. The predicted molar refractivity (Wildman–Crippen MR) is 198 cm³/mol. The molecule has 0 aliphatic rings. The number of fused-ring (bicyclic) bond motifs is 2. The SMILES string of the molecule is N#Cc1ccc(-c2ccc(OCCCCCCCCCCCOc3ccc4ccccc4c3-c3c(O)ccc4ccccc34)cc2)cc1. The molecule has 0 bridgehead atoms. The molecule has 4 heteroatoms. The smallest absolute Gasteiger partial charge is 0.127 e. The summed E-state index contributed by atoms with van der Waals surface area (Å²) in [4.78, 5) is 0. The third kappa shape index (κ3) is 8.17. The van der Waals surface area contributed by atoms with Gasteiger partial charge in [0.25, 0.3) is 0 Å². The van der Waals surface area contributed by atoms with Crippen LogP contribution in [-0.2, 0) is 0 Å². The Labute approximate surface area is 284 Å². The Morgan fingerprint density at radius 1 is 0.479 bits per heavy atom. The van der Waals surface area contributed by atoms with Gasteiger partial charge in [0, 0.05) is 11.1 Å². The van der Waals surface area contributed by atoms with Gasteiger partial charge in [0.05, 0.1) is 24.8 Å². The summed E-state index contributed by atoms with van der Waals surface area (Å²) in [7, 11) is 0. The topological polar surface area (TPSA) is 62.5 Å². The Morgan fingerprint density at radius 3 is 1.58 bits per heavy atom. The lowest BCUT2D eigenvalue weighted by Gasteiger charge is -2.17. The molecule has 0 radical (unpaired) electrons. The first kappa shape index (κ1) is 32.7. The molecule has 0 fully saturated rings. The van der Waals surface area contributed by atoms with Crippen LogP contribution in [0.25, 0.3) is 43.8 Å². The lowest BCUT2D eigenvalue weighted by molar-refractivity contribution is 0.303. The number of phenols is 1. The molecule has 6 aromatic carbocycles. The summed E-state index contributed by atoms with van der Waals surface area (Å²) in [6.45, 7) is 1.41. The van der Waals surface area contributed by atoms with Crippen molar-refractivity contribution in [3.05, 3.63) is 127 Å². The minimum Gasteiger partial charge on any atom is -0.507 e. The van der Waals surface area contributed by atoms with Gasteiger partial charge >= 0.3 is 0 Å². The monoisotopic (exact) mass is 633 g/mol. The number of rotatable bonds is 16. The number of unbranched alkanes of at least 4 members (excludes halogenated alkanes) is 8. The average molecular weight is 634 g/mol. The quantitative estimate of drug-likeness (QED) is 0.108. The second kappa shape index (κ2) is 16.5. The molecule has 0 aliphatic heterocycles. The maximum atomic E-state index is 11.1. The molecule has 242 valence electrons. The number of benzene rings is 6. The second-order valence-corrected chi connectivity index (χ2v) is 12.4. The molecular formula is C44H43NO3. The molecule has 0 aromatic heterocycles. The van der Waals surface area contributed by atoms with Crippen molar-refractivity contribution in [3.63, 3.8) is 0 Å². The summed E-state index contributed by atoms with van der Waals surface area (Å²) in [5.74, 6) is 2.00. The van der Waals surface area contributed by atoms with Gasteiger partial charge in [0.1, 0.15) is 17.2 Å². The number of hydrogen-bond acceptors (Lipinski definition) is 4. The highest BCUT2D eigenvalue weighted by atomic mass is 16.5. The van der Waals surface area contributed by atoms with Gasteiger partial charge in [-0.1, -0.05) is 130 Å². The normalized spacial score (nSPS) is 11.1. The van der Waals surface area contributed by atoms with Crippen LogP contribution in [0.2, 0.25) is 0 Å². The standard InChI is InChI=1S/C44H43NO3/c45-32-33-18-20-34(21-19-33)35-22-26-38(27-23-35)47-30-12-6-4-2-1-3-5-7-13-31-48-42-29-25-37-15-9-11-17-40(37)44(42)43-39-16-10-8-14-36(39)24-28-41(43)46/h8-11,14-29,46H,1-7,12-13,30-31H2. The summed E-state index contributed by atoms with van der Waals surface area (Å²) in [6, 6.07) is 42.5. The Balaban J connectivity index is 0.881. The summed E-state index contributed by atoms with van der Waals surface area (Å²) in [6.07, 6.45) is 10.7. The first-order chi connectivity index (χ1) is 23.7. The van der Waals surface area contributed by atoms with E-state index in [1.807, 2.05) is 66.7 Å². The molecule has 0 atom stereocenters. The molecule has 0 saturated heterocycles. The van der Waals surface area contributed by atoms with E-state index in [0.29, 0.717) is 12.2 Å². The van der Waals surface area contributed by atoms with Crippen LogP contribution in [0.1, 0.15) is 63.4 Å². The van der Waals surface area contributed by atoms with Crippen LogP contribution in [0, 0.1) is 11.3 Å². The van der Waals surface area contributed by atoms with Gasteiger partial charge in [-0.2, -0.15) is 5.26 Å². The Morgan fingerprint density at radius 2 is 0.979 bits per heavy atom. The van der Waals surface area contributed by atoms with E-state index in [1.165, 1.54) is 38.5 Å². The van der Waals surface area contributed by atoms with Crippen LogP contribution < -0.4 is 9.47 Å². The molecule has 1 N–H and O–H groups in total. The van der Waals surface area contributed by atoms with Crippen molar-refractivity contribution in [2.45, 2.75) is 57.8 Å². The zero-order chi connectivity index (χ0) is 33.0. The number of nitriles is 1. The van der Waals surface area contributed by atoms with Crippen molar-refractivity contribution >= 4 is 21.5 Å². The zero-order valence-electron chi connectivity index (χ0n) is 27.5. The molecule has 0 amide bonds. The third-order valence-corrected chi connectivity index (χ3v) is 9.06. The number of aromatic hydroxyl groups is 1. The summed E-state index contributed by atoms with van der Waals surface area (Å²) >= 11 is 0. The van der Waals surface area contributed by atoms with Gasteiger partial charge < -0.3 is 14.6 Å². The van der Waals surface area contributed by atoms with Gasteiger partial charge in [-0.3, -0.25) is 0 Å². The largest absolute Gasteiger partial charge is 0.507 e. The highest BCUT2D eigenvalue weighted by molar-refractivity contribution is 6.09. The third-order valence-electron chi connectivity index (χ3n) is 9.06. The fraction of sp³-hybridized carbons (Fsp3) is 0.250. The van der Waals surface area contributed by atoms with Crippen molar-refractivity contribution in [2.24, 2.45) is 0 Å². The molecule has 48 heavy (non-hydrogen) atoms. The molecule has 4 nitrogen and oxygen atoms in total. The number of nitrogens with zero attached hydrogens (tertiary/aromatic N) is 1. The zero-order valence-corrected chi connectivity index (χ0v) is 27.5. The van der Waals surface area contributed by atoms with Crippen LogP contribution in [0.15, 0.2) is 121 Å². The summed E-state index contributed by atoms with van der Waals surface area (Å²) in [5.41, 5.74) is 4.69. The first-order valence-electron chi connectivity index (χ1n) is 17.3. The number of phenolic OH excluding ortho intramolecular Hbond substituents is 1. The highest BCUT2D eigenvalue weighted by Crippen LogP contribution is 2.45. The van der Waals surface area contributed by atoms with E-state index in [9.17, 15) is 5.11 Å². The molecule has 0 heterocycles. The molecular weight excluding hydrogens is 590 g/mol. The van der Waals surface area contributed by atoms with Crippen LogP contribution in [0.4, 0.5) is 0 Å². The lowest BCUT2D eigenvalue weighted by atomic mass is 9.92. The van der Waals surface area contributed by atoms with Gasteiger partial charge in [0.2, 0.25) is 0 Å². The second-order valence-electron chi connectivity index (χ2n) is 12.4.